The summed E-state index contributed by atoms with van der Waals surface area (Å²) in [5, 5.41) is 2.99. The van der Waals surface area contributed by atoms with Gasteiger partial charge in [-0.3, -0.25) is 14.4 Å². The normalized spacial score (nSPS) is 16.2. The molecule has 1 aromatic heterocycles. The first-order valence-corrected chi connectivity index (χ1v) is 9.75. The number of aromatic nitrogens is 2. The molecule has 9 heteroatoms. The number of rotatable bonds is 4. The zero-order valence-corrected chi connectivity index (χ0v) is 17.5. The molecule has 0 saturated carbocycles. The highest BCUT2D eigenvalue weighted by Gasteiger charge is 2.31. The molecule has 1 fully saturated rings. The lowest BCUT2D eigenvalue weighted by Crippen LogP contribution is -2.51. The molecule has 0 aliphatic carbocycles. The quantitative estimate of drug-likeness (QED) is 0.753. The topological polar surface area (TPSA) is 95.5 Å². The second-order valence-electron chi connectivity index (χ2n) is 6.86. The number of hydrogen-bond donors (Lipinski definition) is 1. The molecule has 1 saturated heterocycles. The Kier molecular flexibility index (Phi) is 6.47. The van der Waals surface area contributed by atoms with Crippen molar-refractivity contribution in [3.05, 3.63) is 59.5 Å². The van der Waals surface area contributed by atoms with Crippen LogP contribution >= 0.6 is 11.6 Å². The van der Waals surface area contributed by atoms with Gasteiger partial charge in [-0.25, -0.2) is 9.97 Å². The molecule has 1 aromatic carbocycles. The maximum Gasteiger partial charge on any atom is 0.269 e. The van der Waals surface area contributed by atoms with E-state index in [0.717, 1.165) is 5.56 Å². The molecule has 30 heavy (non-hydrogen) atoms. The van der Waals surface area contributed by atoms with Gasteiger partial charge in [0.2, 0.25) is 11.8 Å². The van der Waals surface area contributed by atoms with Crippen LogP contribution in [0.5, 0.6) is 0 Å². The maximum absolute atomic E-state index is 12.2. The number of hydrogen-bond acceptors (Lipinski definition) is 5. The van der Waals surface area contributed by atoms with Gasteiger partial charge in [0.25, 0.3) is 5.91 Å². The van der Waals surface area contributed by atoms with E-state index >= 15 is 0 Å². The van der Waals surface area contributed by atoms with Crippen molar-refractivity contribution in [1.29, 1.82) is 0 Å². The Morgan fingerprint density at radius 2 is 1.97 bits per heavy atom. The molecule has 0 unspecified atom stereocenters. The van der Waals surface area contributed by atoms with Crippen LogP contribution in [-0.2, 0) is 9.59 Å². The molecule has 1 aliphatic heterocycles. The molecule has 3 amide bonds. The lowest BCUT2D eigenvalue weighted by atomic mass is 9.98. The van der Waals surface area contributed by atoms with Gasteiger partial charge in [0.05, 0.1) is 11.7 Å². The molecular formula is C21H22ClN5O3. The summed E-state index contributed by atoms with van der Waals surface area (Å²) in [6.07, 6.45) is 2.58. The summed E-state index contributed by atoms with van der Waals surface area (Å²) in [6.45, 7) is 6.23. The van der Waals surface area contributed by atoms with E-state index in [1.807, 2.05) is 6.07 Å². The highest BCUT2D eigenvalue weighted by molar-refractivity contribution is 6.31. The number of nitrogens with one attached hydrogen (secondary N) is 1. The third kappa shape index (κ3) is 4.49. The molecule has 8 nitrogen and oxygen atoms in total. The number of amides is 3. The van der Waals surface area contributed by atoms with E-state index in [2.05, 4.69) is 21.9 Å². The van der Waals surface area contributed by atoms with Crippen LogP contribution in [0.4, 0.5) is 0 Å². The Balaban J connectivity index is 2.02. The molecule has 0 radical (unpaired) electrons. The molecule has 0 bridgehead atoms. The van der Waals surface area contributed by atoms with Crippen molar-refractivity contribution >= 4 is 29.3 Å². The fourth-order valence-electron chi connectivity index (χ4n) is 3.49. The van der Waals surface area contributed by atoms with E-state index in [-0.39, 0.29) is 29.5 Å². The highest BCUT2D eigenvalue weighted by Crippen LogP contribution is 2.32. The van der Waals surface area contributed by atoms with Crippen molar-refractivity contribution in [3.8, 4) is 11.3 Å². The molecule has 3 rings (SSSR count). The smallest absolute Gasteiger partial charge is 0.269 e. The molecule has 156 valence electrons. The van der Waals surface area contributed by atoms with Crippen LogP contribution in [0.2, 0.25) is 5.02 Å². The minimum Gasteiger partial charge on any atom is -0.354 e. The third-order valence-corrected chi connectivity index (χ3v) is 5.22. The van der Waals surface area contributed by atoms with Crippen molar-refractivity contribution in [2.75, 3.05) is 26.7 Å². The highest BCUT2D eigenvalue weighted by atomic mass is 35.5. The number of piperazine rings is 1. The third-order valence-electron chi connectivity index (χ3n) is 5.00. The Bertz CT molecular complexity index is 1010. The number of nitrogens with zero attached hydrogens (tertiary/aromatic N) is 4. The van der Waals surface area contributed by atoms with Crippen molar-refractivity contribution in [1.82, 2.24) is 25.1 Å². The van der Waals surface area contributed by atoms with E-state index in [0.29, 0.717) is 35.9 Å². The molecule has 1 atom stereocenters. The van der Waals surface area contributed by atoms with Crippen LogP contribution in [0.25, 0.3) is 11.3 Å². The van der Waals surface area contributed by atoms with Crippen molar-refractivity contribution in [2.45, 2.75) is 13.0 Å². The average Bonchev–Trinajstić information content (AvgIpc) is 2.77. The van der Waals surface area contributed by atoms with Gasteiger partial charge in [-0.2, -0.15) is 0 Å². The molecule has 1 aliphatic rings. The van der Waals surface area contributed by atoms with Gasteiger partial charge in [0.15, 0.2) is 0 Å². The standard InChI is InChI=1S/C21H22ClN5O3/c1-4-20(29)26-5-6-27(13(2)28)19(11-26)15-7-14(8-16(22)9-15)17-10-18(21(30)23-3)25-12-24-17/h4,7-10,12,19H,1,5-6,11H2,2-3H3,(H,23,30)/t19-/m0/s1. The van der Waals surface area contributed by atoms with Crippen LogP contribution in [0.3, 0.4) is 0 Å². The summed E-state index contributed by atoms with van der Waals surface area (Å²) in [6, 6.07) is 6.58. The largest absolute Gasteiger partial charge is 0.354 e. The summed E-state index contributed by atoms with van der Waals surface area (Å²) in [7, 11) is 1.53. The SMILES string of the molecule is C=CC(=O)N1CCN(C(C)=O)[C@H](c2cc(Cl)cc(-c3cc(C(=O)NC)ncn3)c2)C1. The first-order chi connectivity index (χ1) is 14.3. The minimum absolute atomic E-state index is 0.0869. The van der Waals surface area contributed by atoms with E-state index < -0.39 is 0 Å². The van der Waals surface area contributed by atoms with Crippen molar-refractivity contribution in [3.63, 3.8) is 0 Å². The zero-order valence-electron chi connectivity index (χ0n) is 16.8. The van der Waals surface area contributed by atoms with Crippen LogP contribution in [-0.4, -0.2) is 64.2 Å². The van der Waals surface area contributed by atoms with E-state index in [4.69, 9.17) is 11.6 Å². The fourth-order valence-corrected chi connectivity index (χ4v) is 3.74. The predicted octanol–water partition coefficient (Wildman–Crippen LogP) is 2.07. The Morgan fingerprint density at radius 1 is 1.20 bits per heavy atom. The molecule has 2 heterocycles. The molecule has 0 spiro atoms. The van der Waals surface area contributed by atoms with Crippen molar-refractivity contribution < 1.29 is 14.4 Å². The summed E-state index contributed by atoms with van der Waals surface area (Å²) in [4.78, 5) is 47.9. The van der Waals surface area contributed by atoms with Gasteiger partial charge in [-0.15, -0.1) is 0 Å². The van der Waals surface area contributed by atoms with E-state index in [1.54, 1.807) is 28.0 Å². The lowest BCUT2D eigenvalue weighted by Gasteiger charge is -2.41. The second kappa shape index (κ2) is 9.04. The number of carbonyl (C=O) groups excluding carboxylic acids is 3. The Labute approximate surface area is 179 Å². The monoisotopic (exact) mass is 427 g/mol. The van der Waals surface area contributed by atoms with Crippen LogP contribution < -0.4 is 5.32 Å². The summed E-state index contributed by atoms with van der Waals surface area (Å²) in [5.41, 5.74) is 2.21. The van der Waals surface area contributed by atoms with E-state index in [1.165, 1.54) is 26.4 Å². The average molecular weight is 428 g/mol. The second-order valence-corrected chi connectivity index (χ2v) is 7.29. The van der Waals surface area contributed by atoms with Gasteiger partial charge < -0.3 is 15.1 Å². The Hall–Kier alpha value is -3.26. The first kappa shape index (κ1) is 21.4. The molecular weight excluding hydrogens is 406 g/mol. The maximum atomic E-state index is 12.2. The number of benzene rings is 1. The van der Waals surface area contributed by atoms with Crippen molar-refractivity contribution in [2.24, 2.45) is 0 Å². The van der Waals surface area contributed by atoms with Gasteiger partial charge in [-0.05, 0) is 35.9 Å². The summed E-state index contributed by atoms with van der Waals surface area (Å²) in [5.74, 6) is -0.595. The van der Waals surface area contributed by atoms with Gasteiger partial charge in [0.1, 0.15) is 12.0 Å². The molecule has 2 aromatic rings. The lowest BCUT2D eigenvalue weighted by molar-refractivity contribution is -0.139. The van der Waals surface area contributed by atoms with Crippen LogP contribution in [0, 0.1) is 0 Å². The van der Waals surface area contributed by atoms with Crippen LogP contribution in [0.15, 0.2) is 43.2 Å². The predicted molar refractivity (Wildman–Crippen MR) is 113 cm³/mol. The van der Waals surface area contributed by atoms with Crippen LogP contribution in [0.1, 0.15) is 29.0 Å². The minimum atomic E-state index is -0.363. The van der Waals surface area contributed by atoms with E-state index in [9.17, 15) is 14.4 Å². The summed E-state index contributed by atoms with van der Waals surface area (Å²) < 4.78 is 0. The van der Waals surface area contributed by atoms with Gasteiger partial charge >= 0.3 is 0 Å². The zero-order chi connectivity index (χ0) is 21.8. The summed E-state index contributed by atoms with van der Waals surface area (Å²) >= 11 is 6.38. The van der Waals surface area contributed by atoms with Gasteiger partial charge in [-0.1, -0.05) is 18.2 Å². The molecule has 1 N–H and O–H groups in total. The number of halogens is 1. The Morgan fingerprint density at radius 3 is 2.63 bits per heavy atom. The van der Waals surface area contributed by atoms with Gasteiger partial charge in [0, 0.05) is 44.2 Å². The first-order valence-electron chi connectivity index (χ1n) is 9.37. The fraction of sp³-hybridized carbons (Fsp3) is 0.286. The number of carbonyl (C=O) groups is 3.